The average molecular weight is 680 g/mol. The molecule has 3 nitrogen and oxygen atoms in total. The highest BCUT2D eigenvalue weighted by molar-refractivity contribution is 6.14. The molecule has 252 valence electrons. The van der Waals surface area contributed by atoms with Crippen LogP contribution in [0, 0.1) is 0 Å². The van der Waals surface area contributed by atoms with Gasteiger partial charge in [0, 0.05) is 45.2 Å². The summed E-state index contributed by atoms with van der Waals surface area (Å²) in [5.74, 6) is 0. The van der Waals surface area contributed by atoms with E-state index in [1.54, 1.807) is 0 Å². The van der Waals surface area contributed by atoms with Crippen LogP contribution in [-0.4, -0.2) is 10.8 Å². The summed E-state index contributed by atoms with van der Waals surface area (Å²) in [6, 6.07) is 66.7. The number of aliphatic imine (C=N–C) groups is 1. The Hall–Kier alpha value is -6.97. The van der Waals surface area contributed by atoms with Crippen molar-refractivity contribution in [2.24, 2.45) is 4.99 Å². The van der Waals surface area contributed by atoms with Gasteiger partial charge in [-0.25, -0.2) is 0 Å². The second kappa shape index (κ2) is 14.0. The minimum Gasteiger partial charge on any atom is -0.309 e. The van der Waals surface area contributed by atoms with E-state index < -0.39 is 0 Å². The molecule has 0 unspecified atom stereocenters. The lowest BCUT2D eigenvalue weighted by molar-refractivity contribution is 1.13. The molecule has 0 amide bonds. The molecule has 2 heterocycles. The maximum atomic E-state index is 4.85. The molecule has 1 aliphatic rings. The molecule has 53 heavy (non-hydrogen) atoms. The van der Waals surface area contributed by atoms with Gasteiger partial charge in [-0.1, -0.05) is 140 Å². The first-order valence-corrected chi connectivity index (χ1v) is 18.1. The molecule has 0 N–H and O–H groups in total. The topological polar surface area (TPSA) is 20.5 Å². The van der Waals surface area contributed by atoms with Crippen LogP contribution in [0.15, 0.2) is 205 Å². The van der Waals surface area contributed by atoms with E-state index in [1.165, 1.54) is 33.3 Å². The van der Waals surface area contributed by atoms with E-state index in [1.807, 2.05) is 36.5 Å². The van der Waals surface area contributed by atoms with Crippen molar-refractivity contribution in [3.05, 3.63) is 211 Å². The summed E-state index contributed by atoms with van der Waals surface area (Å²) in [6.07, 6.45) is 6.42. The fourth-order valence-corrected chi connectivity index (χ4v) is 7.58. The molecule has 0 radical (unpaired) electrons. The van der Waals surface area contributed by atoms with E-state index in [2.05, 4.69) is 186 Å². The Balaban J connectivity index is 1.25. The highest BCUT2D eigenvalue weighted by Gasteiger charge is 2.31. The van der Waals surface area contributed by atoms with Crippen LogP contribution >= 0.6 is 0 Å². The monoisotopic (exact) mass is 679 g/mol. The number of allylic oxidation sites excluding steroid dienone is 4. The maximum Gasteiger partial charge on any atom is 0.0641 e. The van der Waals surface area contributed by atoms with Crippen molar-refractivity contribution in [3.63, 3.8) is 0 Å². The summed E-state index contributed by atoms with van der Waals surface area (Å²) in [5, 5.41) is 1.22. The lowest BCUT2D eigenvalue weighted by atomic mass is 9.98. The van der Waals surface area contributed by atoms with Gasteiger partial charge in [-0.2, -0.15) is 0 Å². The van der Waals surface area contributed by atoms with E-state index >= 15 is 0 Å². The molecule has 0 saturated heterocycles. The first kappa shape index (κ1) is 32.0. The number of hydrogen-bond acceptors (Lipinski definition) is 2. The number of fused-ring (bicyclic) bond motifs is 7. The second-order valence-electron chi connectivity index (χ2n) is 13.1. The molecule has 0 saturated carbocycles. The zero-order valence-corrected chi connectivity index (χ0v) is 29.5. The van der Waals surface area contributed by atoms with Crippen LogP contribution in [-0.2, 0) is 0 Å². The summed E-state index contributed by atoms with van der Waals surface area (Å²) < 4.78 is 2.46. The number of benzene rings is 7. The molecule has 3 heteroatoms. The van der Waals surface area contributed by atoms with Crippen molar-refractivity contribution in [2.45, 2.75) is 6.92 Å². The summed E-state index contributed by atoms with van der Waals surface area (Å²) >= 11 is 0. The number of aromatic nitrogens is 1. The van der Waals surface area contributed by atoms with Crippen LogP contribution in [0.1, 0.15) is 18.1 Å². The lowest BCUT2D eigenvalue weighted by Gasteiger charge is -2.27. The Morgan fingerprint density at radius 1 is 0.509 bits per heavy atom. The second-order valence-corrected chi connectivity index (χ2v) is 13.1. The third-order valence-corrected chi connectivity index (χ3v) is 9.98. The van der Waals surface area contributed by atoms with Crippen molar-refractivity contribution < 1.29 is 0 Å². The van der Waals surface area contributed by atoms with Crippen molar-refractivity contribution >= 4 is 51.0 Å². The molecule has 0 fully saturated rings. The SMILES string of the molecule is C/C=C(\C=C(/C=Nc1ccccc1)c1ccccc1)c1cccc(-n2c3c(c4ccccc42)-c2ccccc2N(c2ccccc2)c2ccccc2-3)c1. The quantitative estimate of drug-likeness (QED) is 0.121. The Morgan fingerprint density at radius 3 is 1.85 bits per heavy atom. The predicted octanol–water partition coefficient (Wildman–Crippen LogP) is 13.6. The van der Waals surface area contributed by atoms with Gasteiger partial charge >= 0.3 is 0 Å². The minimum absolute atomic E-state index is 0.922. The zero-order valence-electron chi connectivity index (χ0n) is 29.5. The van der Waals surface area contributed by atoms with Crippen LogP contribution in [0.4, 0.5) is 22.7 Å². The van der Waals surface area contributed by atoms with Gasteiger partial charge in [0.15, 0.2) is 0 Å². The third kappa shape index (κ3) is 5.88. The van der Waals surface area contributed by atoms with Gasteiger partial charge in [0.25, 0.3) is 0 Å². The molecule has 0 aliphatic carbocycles. The number of hydrogen-bond donors (Lipinski definition) is 0. The zero-order chi connectivity index (χ0) is 35.6. The molecule has 1 aliphatic heterocycles. The molecule has 0 bridgehead atoms. The fraction of sp³-hybridized carbons (Fsp3) is 0.0200. The molecule has 0 atom stereocenters. The van der Waals surface area contributed by atoms with Crippen LogP contribution in [0.3, 0.4) is 0 Å². The Kier molecular flexibility index (Phi) is 8.43. The van der Waals surface area contributed by atoms with E-state index in [0.29, 0.717) is 0 Å². The van der Waals surface area contributed by atoms with E-state index in [0.717, 1.165) is 50.7 Å². The standard InChI is InChI=1S/C50H37N3/c1-2-36(33-39(37-19-6-3-7-20-37)35-51-40-22-8-4-9-23-40)38-21-18-26-42(34-38)53-47-31-16-13-28-44(47)49-43-27-12-15-30-46(43)52(41-24-10-5-11-25-41)48-32-17-14-29-45(48)50(49)53/h2-35H,1H3/b36-2+,39-33+,51-35?. The van der Waals surface area contributed by atoms with E-state index in [-0.39, 0.29) is 0 Å². The predicted molar refractivity (Wildman–Crippen MR) is 225 cm³/mol. The minimum atomic E-state index is 0.922. The van der Waals surface area contributed by atoms with Crippen LogP contribution in [0.25, 0.3) is 50.1 Å². The number of para-hydroxylation sites is 5. The maximum absolute atomic E-state index is 4.85. The smallest absolute Gasteiger partial charge is 0.0641 e. The fourth-order valence-electron chi connectivity index (χ4n) is 7.58. The van der Waals surface area contributed by atoms with Gasteiger partial charge < -0.3 is 9.47 Å². The van der Waals surface area contributed by atoms with Gasteiger partial charge in [0.2, 0.25) is 0 Å². The Labute approximate surface area is 310 Å². The molecular weight excluding hydrogens is 643 g/mol. The summed E-state index contributed by atoms with van der Waals surface area (Å²) in [4.78, 5) is 7.26. The van der Waals surface area contributed by atoms with Gasteiger partial charge in [0.1, 0.15) is 0 Å². The van der Waals surface area contributed by atoms with Gasteiger partial charge in [0.05, 0.1) is 28.3 Å². The Bertz CT molecular complexity index is 2660. The Morgan fingerprint density at radius 2 is 1.09 bits per heavy atom. The van der Waals surface area contributed by atoms with Crippen molar-refractivity contribution in [3.8, 4) is 28.1 Å². The van der Waals surface area contributed by atoms with E-state index in [4.69, 9.17) is 4.99 Å². The first-order chi connectivity index (χ1) is 26.3. The van der Waals surface area contributed by atoms with Crippen molar-refractivity contribution in [2.75, 3.05) is 4.90 Å². The van der Waals surface area contributed by atoms with Crippen molar-refractivity contribution in [1.82, 2.24) is 4.57 Å². The summed E-state index contributed by atoms with van der Waals surface area (Å²) in [6.45, 7) is 2.11. The molecule has 8 aromatic rings. The number of anilines is 3. The van der Waals surface area contributed by atoms with Gasteiger partial charge in [-0.3, -0.25) is 4.99 Å². The van der Waals surface area contributed by atoms with Crippen LogP contribution < -0.4 is 4.90 Å². The molecule has 7 aromatic carbocycles. The molecule has 0 spiro atoms. The lowest BCUT2D eigenvalue weighted by Crippen LogP contribution is -2.11. The molecule has 1 aromatic heterocycles. The van der Waals surface area contributed by atoms with Gasteiger partial charge in [-0.05, 0) is 84.3 Å². The van der Waals surface area contributed by atoms with E-state index in [9.17, 15) is 0 Å². The van der Waals surface area contributed by atoms with Gasteiger partial charge in [-0.15, -0.1) is 0 Å². The summed E-state index contributed by atoms with van der Waals surface area (Å²) in [5.41, 5.74) is 15.8. The molecular formula is C50H37N3. The highest BCUT2D eigenvalue weighted by atomic mass is 15.2. The number of nitrogens with zero attached hydrogens (tertiary/aromatic N) is 3. The largest absolute Gasteiger partial charge is 0.309 e. The van der Waals surface area contributed by atoms with Crippen molar-refractivity contribution in [1.29, 1.82) is 0 Å². The number of rotatable bonds is 7. The first-order valence-electron chi connectivity index (χ1n) is 18.1. The normalized spacial score (nSPS) is 12.7. The molecule has 9 rings (SSSR count). The third-order valence-electron chi connectivity index (χ3n) is 9.98. The summed E-state index contributed by atoms with van der Waals surface area (Å²) in [7, 11) is 0. The van der Waals surface area contributed by atoms with Crippen LogP contribution in [0.5, 0.6) is 0 Å². The highest BCUT2D eigenvalue weighted by Crippen LogP contribution is 2.54. The average Bonchev–Trinajstić information content (AvgIpc) is 3.51. The van der Waals surface area contributed by atoms with Crippen LogP contribution in [0.2, 0.25) is 0 Å².